The van der Waals surface area contributed by atoms with E-state index in [1.807, 2.05) is 0 Å². The van der Waals surface area contributed by atoms with Crippen molar-refractivity contribution in [2.75, 3.05) is 6.54 Å². The number of likely N-dealkylation sites (tertiary alicyclic amines) is 1. The van der Waals surface area contributed by atoms with Gasteiger partial charge in [0.25, 0.3) is 5.91 Å². The summed E-state index contributed by atoms with van der Waals surface area (Å²) < 4.78 is 0. The quantitative estimate of drug-likeness (QED) is 0.810. The molecule has 96 valence electrons. The number of hydrogen-bond acceptors (Lipinski definition) is 3. The first-order valence-electron chi connectivity index (χ1n) is 5.73. The molecule has 0 radical (unpaired) electrons. The Balaban J connectivity index is 2.32. The largest absolute Gasteiger partial charge is 0.480 e. The Hall–Kier alpha value is -1.88. The number of amides is 1. The van der Waals surface area contributed by atoms with Crippen LogP contribution in [0, 0.1) is 0 Å². The number of nitrogens with zero attached hydrogens (tertiary/aromatic N) is 1. The molecule has 1 heterocycles. The number of carboxylic acids is 1. The van der Waals surface area contributed by atoms with Crippen molar-refractivity contribution in [1.82, 2.24) is 4.90 Å². The van der Waals surface area contributed by atoms with Crippen molar-refractivity contribution in [2.24, 2.45) is 0 Å². The maximum atomic E-state index is 12.3. The molecule has 18 heavy (non-hydrogen) atoms. The number of carbonyl (C=O) groups excluding carboxylic acids is 1. The Morgan fingerprint density at radius 1 is 1.33 bits per heavy atom. The zero-order chi connectivity index (χ0) is 13.3. The van der Waals surface area contributed by atoms with Crippen LogP contribution in [0.3, 0.4) is 0 Å². The minimum Gasteiger partial charge on any atom is -0.480 e. The number of aliphatic hydroxyl groups excluding tert-OH is 1. The van der Waals surface area contributed by atoms with Gasteiger partial charge in [0.05, 0.1) is 6.10 Å². The van der Waals surface area contributed by atoms with Crippen molar-refractivity contribution in [1.29, 1.82) is 0 Å². The average molecular weight is 249 g/mol. The monoisotopic (exact) mass is 249 g/mol. The van der Waals surface area contributed by atoms with Crippen LogP contribution in [0.15, 0.2) is 30.3 Å². The van der Waals surface area contributed by atoms with Crippen LogP contribution in [0.5, 0.6) is 0 Å². The highest BCUT2D eigenvalue weighted by Gasteiger charge is 2.49. The first-order chi connectivity index (χ1) is 8.45. The molecule has 2 N–H and O–H groups in total. The maximum absolute atomic E-state index is 12.3. The molecule has 1 saturated heterocycles. The average Bonchev–Trinajstić information content (AvgIpc) is 2.66. The highest BCUT2D eigenvalue weighted by atomic mass is 16.4. The molecular weight excluding hydrogens is 234 g/mol. The number of aliphatic hydroxyl groups is 1. The van der Waals surface area contributed by atoms with E-state index >= 15 is 0 Å². The van der Waals surface area contributed by atoms with Crippen LogP contribution in [-0.2, 0) is 4.79 Å². The van der Waals surface area contributed by atoms with Crippen molar-refractivity contribution in [3.8, 4) is 0 Å². The standard InChI is InChI=1S/C13H15NO4/c1-13(12(17)18)7-10(15)8-14(13)11(16)9-5-3-2-4-6-9/h2-6,10,15H,7-8H2,1H3,(H,17,18)/t10-,13+/m1/s1. The lowest BCUT2D eigenvalue weighted by Gasteiger charge is -2.30. The van der Waals surface area contributed by atoms with E-state index in [0.717, 1.165) is 0 Å². The van der Waals surface area contributed by atoms with Crippen LogP contribution < -0.4 is 0 Å². The van der Waals surface area contributed by atoms with Gasteiger partial charge in [0.2, 0.25) is 0 Å². The normalized spacial score (nSPS) is 27.2. The summed E-state index contributed by atoms with van der Waals surface area (Å²) in [5, 5.41) is 18.9. The lowest BCUT2D eigenvalue weighted by molar-refractivity contribution is -0.147. The molecule has 1 aliphatic rings. The molecule has 0 unspecified atom stereocenters. The number of β-amino-alcohol motifs (C(OH)–C–C–N with tert-alkyl or cyclic N) is 1. The summed E-state index contributed by atoms with van der Waals surface area (Å²) in [6.07, 6.45) is -0.736. The van der Waals surface area contributed by atoms with Gasteiger partial charge in [0, 0.05) is 18.5 Å². The third kappa shape index (κ3) is 1.97. The van der Waals surface area contributed by atoms with Gasteiger partial charge in [-0.1, -0.05) is 18.2 Å². The Labute approximate surface area is 105 Å². The third-order valence-electron chi connectivity index (χ3n) is 3.35. The minimum absolute atomic E-state index is 0.0521. The molecule has 0 bridgehead atoms. The predicted molar refractivity (Wildman–Crippen MR) is 64.1 cm³/mol. The summed E-state index contributed by atoms with van der Waals surface area (Å²) >= 11 is 0. The van der Waals surface area contributed by atoms with Crippen LogP contribution in [0.25, 0.3) is 0 Å². The number of carbonyl (C=O) groups is 2. The van der Waals surface area contributed by atoms with E-state index in [9.17, 15) is 19.8 Å². The van der Waals surface area contributed by atoms with Crippen molar-refractivity contribution < 1.29 is 19.8 Å². The summed E-state index contributed by atoms with van der Waals surface area (Å²) in [6.45, 7) is 1.52. The smallest absolute Gasteiger partial charge is 0.329 e. The van der Waals surface area contributed by atoms with Crippen molar-refractivity contribution in [3.05, 3.63) is 35.9 Å². The third-order valence-corrected chi connectivity index (χ3v) is 3.35. The van der Waals surface area contributed by atoms with Crippen LogP contribution in [-0.4, -0.2) is 45.2 Å². The molecule has 0 saturated carbocycles. The Bertz CT molecular complexity index is 473. The van der Waals surface area contributed by atoms with Gasteiger partial charge in [0.15, 0.2) is 0 Å². The van der Waals surface area contributed by atoms with Gasteiger partial charge < -0.3 is 15.1 Å². The Morgan fingerprint density at radius 3 is 2.50 bits per heavy atom. The van der Waals surface area contributed by atoms with Crippen LogP contribution >= 0.6 is 0 Å². The fraction of sp³-hybridized carbons (Fsp3) is 0.385. The SMILES string of the molecule is C[C@@]1(C(=O)O)C[C@@H](O)CN1C(=O)c1ccccc1. The van der Waals surface area contributed by atoms with E-state index < -0.39 is 17.6 Å². The van der Waals surface area contributed by atoms with Gasteiger partial charge in [-0.2, -0.15) is 0 Å². The first kappa shape index (κ1) is 12.6. The zero-order valence-electron chi connectivity index (χ0n) is 10.0. The molecule has 0 aromatic heterocycles. The van der Waals surface area contributed by atoms with Gasteiger partial charge >= 0.3 is 5.97 Å². The molecule has 2 atom stereocenters. The van der Waals surface area contributed by atoms with Crippen LogP contribution in [0.1, 0.15) is 23.7 Å². The van der Waals surface area contributed by atoms with E-state index in [1.165, 1.54) is 11.8 Å². The summed E-state index contributed by atoms with van der Waals surface area (Å²) in [5.74, 6) is -1.46. The number of aliphatic carboxylic acids is 1. The molecule has 1 aromatic carbocycles. The Morgan fingerprint density at radius 2 is 1.94 bits per heavy atom. The van der Waals surface area contributed by atoms with Crippen molar-refractivity contribution in [3.63, 3.8) is 0 Å². The van der Waals surface area contributed by atoms with Gasteiger partial charge in [-0.25, -0.2) is 4.79 Å². The van der Waals surface area contributed by atoms with Gasteiger partial charge in [-0.05, 0) is 19.1 Å². The second-order valence-electron chi connectivity index (χ2n) is 4.72. The number of carboxylic acid groups (broad SMARTS) is 1. The van der Waals surface area contributed by atoms with Crippen molar-refractivity contribution in [2.45, 2.75) is 25.0 Å². The van der Waals surface area contributed by atoms with E-state index in [1.54, 1.807) is 30.3 Å². The molecule has 1 aromatic rings. The molecule has 5 heteroatoms. The summed E-state index contributed by atoms with van der Waals surface area (Å²) in [4.78, 5) is 24.8. The van der Waals surface area contributed by atoms with Crippen LogP contribution in [0.4, 0.5) is 0 Å². The molecule has 1 fully saturated rings. The fourth-order valence-electron chi connectivity index (χ4n) is 2.29. The molecule has 0 spiro atoms. The van der Waals surface area contributed by atoms with E-state index in [2.05, 4.69) is 0 Å². The molecule has 1 aliphatic heterocycles. The first-order valence-corrected chi connectivity index (χ1v) is 5.73. The molecule has 1 amide bonds. The van der Waals surface area contributed by atoms with Crippen molar-refractivity contribution >= 4 is 11.9 Å². The van der Waals surface area contributed by atoms with E-state index in [-0.39, 0.29) is 18.9 Å². The molecule has 5 nitrogen and oxygen atoms in total. The van der Waals surface area contributed by atoms with E-state index in [0.29, 0.717) is 5.56 Å². The number of benzene rings is 1. The van der Waals surface area contributed by atoms with E-state index in [4.69, 9.17) is 0 Å². The number of hydrogen-bond donors (Lipinski definition) is 2. The molecule has 2 rings (SSSR count). The molecular formula is C13H15NO4. The maximum Gasteiger partial charge on any atom is 0.329 e. The fourth-order valence-corrected chi connectivity index (χ4v) is 2.29. The minimum atomic E-state index is -1.34. The Kier molecular flexibility index (Phi) is 3.09. The summed E-state index contributed by atoms with van der Waals surface area (Å²) in [5.41, 5.74) is -0.911. The second kappa shape index (κ2) is 4.42. The van der Waals surface area contributed by atoms with Gasteiger partial charge in [0.1, 0.15) is 5.54 Å². The lowest BCUT2D eigenvalue weighted by atomic mass is 9.98. The predicted octanol–water partition coefficient (Wildman–Crippen LogP) is 0.737. The summed E-state index contributed by atoms with van der Waals surface area (Å²) in [6, 6.07) is 8.49. The van der Waals surface area contributed by atoms with Gasteiger partial charge in [-0.3, -0.25) is 4.79 Å². The molecule has 0 aliphatic carbocycles. The topological polar surface area (TPSA) is 77.8 Å². The number of rotatable bonds is 2. The lowest BCUT2D eigenvalue weighted by Crippen LogP contribution is -2.50. The van der Waals surface area contributed by atoms with Gasteiger partial charge in [-0.15, -0.1) is 0 Å². The zero-order valence-corrected chi connectivity index (χ0v) is 10.0. The summed E-state index contributed by atoms with van der Waals surface area (Å²) in [7, 11) is 0. The highest BCUT2D eigenvalue weighted by molar-refractivity contribution is 5.98. The second-order valence-corrected chi connectivity index (χ2v) is 4.72. The highest BCUT2D eigenvalue weighted by Crippen LogP contribution is 2.31. The van der Waals surface area contributed by atoms with Crippen LogP contribution in [0.2, 0.25) is 0 Å².